The zero-order valence-corrected chi connectivity index (χ0v) is 10.5. The van der Waals surface area contributed by atoms with Crippen molar-refractivity contribution in [2.45, 2.75) is 25.4 Å². The van der Waals surface area contributed by atoms with E-state index < -0.39 is 12.1 Å². The maximum absolute atomic E-state index is 12.7. The summed E-state index contributed by atoms with van der Waals surface area (Å²) in [6.07, 6.45) is -4.38. The number of rotatable bonds is 2. The Morgan fingerprint density at radius 2 is 1.56 bits per heavy atom. The third-order valence-electron chi connectivity index (χ3n) is 2.21. The molecule has 0 spiro atoms. The lowest BCUT2D eigenvalue weighted by atomic mass is 9.96. The summed E-state index contributed by atoms with van der Waals surface area (Å²) in [6, 6.07) is 2.41. The van der Waals surface area contributed by atoms with E-state index in [1.807, 2.05) is 0 Å². The minimum atomic E-state index is -4.31. The van der Waals surface area contributed by atoms with Crippen molar-refractivity contribution in [2.75, 3.05) is 0 Å². The molecular weight excluding hydrogens is 283 g/mol. The first-order chi connectivity index (χ1) is 7.27. The number of halogens is 6. The average Bonchev–Trinajstić information content (AvgIpc) is 2.12. The number of hydrogen-bond donors (Lipinski definition) is 0. The molecule has 0 N–H and O–H groups in total. The van der Waals surface area contributed by atoms with E-state index >= 15 is 0 Å². The highest BCUT2D eigenvalue weighted by Crippen LogP contribution is 2.41. The van der Waals surface area contributed by atoms with Crippen molar-refractivity contribution < 1.29 is 13.2 Å². The molecule has 0 aliphatic heterocycles. The lowest BCUT2D eigenvalue weighted by molar-refractivity contribution is -0.151. The maximum atomic E-state index is 12.7. The van der Waals surface area contributed by atoms with Crippen molar-refractivity contribution in [3.05, 3.63) is 32.8 Å². The third kappa shape index (κ3) is 2.96. The topological polar surface area (TPSA) is 0 Å². The normalized spacial score (nSPS) is 13.9. The van der Waals surface area contributed by atoms with Gasteiger partial charge in [0, 0.05) is 0 Å². The molecule has 0 fully saturated rings. The van der Waals surface area contributed by atoms with Gasteiger partial charge in [0.15, 0.2) is 0 Å². The van der Waals surface area contributed by atoms with Crippen LogP contribution in [-0.4, -0.2) is 6.18 Å². The molecule has 0 aliphatic carbocycles. The summed E-state index contributed by atoms with van der Waals surface area (Å²) >= 11 is 17.0. The Bertz CT molecular complexity index is 364. The molecule has 16 heavy (non-hydrogen) atoms. The van der Waals surface area contributed by atoms with E-state index in [0.29, 0.717) is 0 Å². The van der Waals surface area contributed by atoms with E-state index in [1.165, 1.54) is 19.1 Å². The van der Waals surface area contributed by atoms with E-state index in [-0.39, 0.29) is 27.1 Å². The van der Waals surface area contributed by atoms with Crippen molar-refractivity contribution in [2.24, 2.45) is 0 Å². The fourth-order valence-electron chi connectivity index (χ4n) is 1.43. The molecule has 0 amide bonds. The smallest absolute Gasteiger partial charge is 0.170 e. The van der Waals surface area contributed by atoms with Gasteiger partial charge in [-0.15, -0.1) is 0 Å². The van der Waals surface area contributed by atoms with Crippen LogP contribution in [0.4, 0.5) is 13.2 Å². The van der Waals surface area contributed by atoms with Crippen molar-refractivity contribution in [3.63, 3.8) is 0 Å². The van der Waals surface area contributed by atoms with Gasteiger partial charge in [-0.2, -0.15) is 13.2 Å². The third-order valence-corrected chi connectivity index (χ3v) is 3.41. The molecule has 0 aromatic heterocycles. The van der Waals surface area contributed by atoms with Crippen LogP contribution in [0.5, 0.6) is 0 Å². The van der Waals surface area contributed by atoms with Gasteiger partial charge in [-0.3, -0.25) is 0 Å². The minimum absolute atomic E-state index is 0.0341. The van der Waals surface area contributed by atoms with Crippen molar-refractivity contribution in [3.8, 4) is 0 Å². The predicted octanol–water partition coefficient (Wildman–Crippen LogP) is 5.70. The van der Waals surface area contributed by atoms with Crippen molar-refractivity contribution >= 4 is 34.8 Å². The summed E-state index contributed by atoms with van der Waals surface area (Å²) in [5.41, 5.74) is 0.0365. The van der Waals surface area contributed by atoms with Crippen LogP contribution < -0.4 is 0 Å². The molecule has 0 nitrogen and oxygen atoms in total. The van der Waals surface area contributed by atoms with Crippen molar-refractivity contribution in [1.82, 2.24) is 0 Å². The summed E-state index contributed by atoms with van der Waals surface area (Å²) < 4.78 is 38.0. The Labute approximate surface area is 106 Å². The number of benzene rings is 1. The Hall–Kier alpha value is -0.120. The van der Waals surface area contributed by atoms with Gasteiger partial charge in [0.05, 0.1) is 21.0 Å². The second-order valence-electron chi connectivity index (χ2n) is 3.30. The van der Waals surface area contributed by atoms with Crippen molar-refractivity contribution in [1.29, 1.82) is 0 Å². The fourth-order valence-corrected chi connectivity index (χ4v) is 2.05. The molecule has 1 atom stereocenters. The van der Waals surface area contributed by atoms with E-state index in [2.05, 4.69) is 0 Å². The molecule has 6 heteroatoms. The summed E-state index contributed by atoms with van der Waals surface area (Å²) in [7, 11) is 0. The molecule has 1 unspecified atom stereocenters. The Morgan fingerprint density at radius 1 is 1.12 bits per heavy atom. The highest BCUT2D eigenvalue weighted by atomic mass is 35.5. The zero-order valence-electron chi connectivity index (χ0n) is 8.21. The summed E-state index contributed by atoms with van der Waals surface area (Å²) in [5.74, 6) is -1.57. The highest BCUT2D eigenvalue weighted by molar-refractivity contribution is 6.48. The number of alkyl halides is 3. The van der Waals surface area contributed by atoms with Crippen LogP contribution in [0.1, 0.15) is 24.8 Å². The Kier molecular flexibility index (Phi) is 4.38. The molecule has 0 heterocycles. The van der Waals surface area contributed by atoms with Gasteiger partial charge in [-0.25, -0.2) is 0 Å². The van der Waals surface area contributed by atoms with Crippen LogP contribution in [0.3, 0.4) is 0 Å². The van der Waals surface area contributed by atoms with Gasteiger partial charge in [0.1, 0.15) is 0 Å². The van der Waals surface area contributed by atoms with E-state index in [1.54, 1.807) is 0 Å². The quantitative estimate of drug-likeness (QED) is 0.613. The largest absolute Gasteiger partial charge is 0.395 e. The zero-order chi connectivity index (χ0) is 12.5. The molecule has 90 valence electrons. The SMILES string of the molecule is CCC(c1cc(Cl)c(Cl)c(Cl)c1)C(F)(F)F. The van der Waals surface area contributed by atoms with Crippen LogP contribution in [-0.2, 0) is 0 Å². The summed E-state index contributed by atoms with van der Waals surface area (Å²) in [4.78, 5) is 0. The molecular formula is C10H8Cl3F3. The maximum Gasteiger partial charge on any atom is 0.395 e. The van der Waals surface area contributed by atoms with Crippen LogP contribution in [0.15, 0.2) is 12.1 Å². The monoisotopic (exact) mass is 290 g/mol. The average molecular weight is 292 g/mol. The van der Waals surface area contributed by atoms with E-state index in [0.717, 1.165) is 0 Å². The molecule has 1 aromatic carbocycles. The fraction of sp³-hybridized carbons (Fsp3) is 0.400. The lowest BCUT2D eigenvalue weighted by Crippen LogP contribution is -2.20. The molecule has 0 aliphatic rings. The Balaban J connectivity index is 3.22. The summed E-state index contributed by atoms with van der Waals surface area (Å²) in [5, 5.41) is 0.142. The van der Waals surface area contributed by atoms with Crippen LogP contribution in [0, 0.1) is 0 Å². The molecule has 0 radical (unpaired) electrons. The van der Waals surface area contributed by atoms with Gasteiger partial charge < -0.3 is 0 Å². The van der Waals surface area contributed by atoms with Gasteiger partial charge >= 0.3 is 6.18 Å². The molecule has 0 bridgehead atoms. The first-order valence-corrected chi connectivity index (χ1v) is 5.62. The molecule has 1 rings (SSSR count). The molecule has 0 saturated heterocycles. The van der Waals surface area contributed by atoms with Crippen LogP contribution >= 0.6 is 34.8 Å². The summed E-state index contributed by atoms with van der Waals surface area (Å²) in [6.45, 7) is 1.45. The van der Waals surface area contributed by atoms with Crippen LogP contribution in [0.2, 0.25) is 15.1 Å². The standard InChI is InChI=1S/C10H8Cl3F3/c1-2-6(10(14,15)16)5-3-7(11)9(13)8(12)4-5/h3-4,6H,2H2,1H3. The second-order valence-corrected chi connectivity index (χ2v) is 4.49. The van der Waals surface area contributed by atoms with E-state index in [4.69, 9.17) is 34.8 Å². The van der Waals surface area contributed by atoms with E-state index in [9.17, 15) is 13.2 Å². The second kappa shape index (κ2) is 5.03. The van der Waals surface area contributed by atoms with Gasteiger partial charge in [0.2, 0.25) is 0 Å². The highest BCUT2D eigenvalue weighted by Gasteiger charge is 2.39. The van der Waals surface area contributed by atoms with Gasteiger partial charge in [-0.1, -0.05) is 41.7 Å². The lowest BCUT2D eigenvalue weighted by Gasteiger charge is -2.19. The van der Waals surface area contributed by atoms with Crippen LogP contribution in [0.25, 0.3) is 0 Å². The Morgan fingerprint density at radius 3 is 1.88 bits per heavy atom. The molecule has 1 aromatic rings. The predicted molar refractivity (Wildman–Crippen MR) is 60.6 cm³/mol. The number of hydrogen-bond acceptors (Lipinski definition) is 0. The first-order valence-electron chi connectivity index (χ1n) is 4.48. The first kappa shape index (κ1) is 13.9. The molecule has 0 saturated carbocycles. The van der Waals surface area contributed by atoms with Gasteiger partial charge in [0.25, 0.3) is 0 Å². The van der Waals surface area contributed by atoms with Gasteiger partial charge in [-0.05, 0) is 24.1 Å². The minimum Gasteiger partial charge on any atom is -0.170 e.